The summed E-state index contributed by atoms with van der Waals surface area (Å²) < 4.78 is 0. The molecule has 5 nitrogen and oxygen atoms in total. The van der Waals surface area contributed by atoms with Gasteiger partial charge in [0, 0.05) is 13.1 Å². The van der Waals surface area contributed by atoms with E-state index in [-0.39, 0.29) is 6.54 Å². The number of amides is 1. The minimum absolute atomic E-state index is 0.0378. The van der Waals surface area contributed by atoms with Crippen molar-refractivity contribution in [1.82, 2.24) is 4.90 Å². The molecule has 1 amide bonds. The molecule has 1 fully saturated rings. The van der Waals surface area contributed by atoms with Crippen LogP contribution >= 0.6 is 0 Å². The predicted molar refractivity (Wildman–Crippen MR) is 63.6 cm³/mol. The van der Waals surface area contributed by atoms with Crippen LogP contribution in [0.3, 0.4) is 0 Å². The molecule has 0 bridgehead atoms. The van der Waals surface area contributed by atoms with E-state index in [1.807, 2.05) is 30.3 Å². The topological polar surface area (TPSA) is 77.8 Å². The number of benzene rings is 1. The van der Waals surface area contributed by atoms with Crippen molar-refractivity contribution in [2.24, 2.45) is 5.92 Å². The second-order valence-electron chi connectivity index (χ2n) is 4.71. The van der Waals surface area contributed by atoms with E-state index < -0.39 is 23.4 Å². The molecule has 0 saturated carbocycles. The molecule has 1 aliphatic rings. The fourth-order valence-corrected chi connectivity index (χ4v) is 2.21. The number of carbonyl (C=O) groups is 2. The van der Waals surface area contributed by atoms with Crippen molar-refractivity contribution in [2.75, 3.05) is 6.54 Å². The van der Waals surface area contributed by atoms with Crippen molar-refractivity contribution >= 4 is 11.9 Å². The number of carbonyl (C=O) groups excluding carboxylic acids is 1. The molecule has 2 atom stereocenters. The molecule has 0 spiro atoms. The zero-order chi connectivity index (χ0) is 13.3. The number of hydrogen-bond donors (Lipinski definition) is 2. The van der Waals surface area contributed by atoms with Gasteiger partial charge in [-0.2, -0.15) is 0 Å². The van der Waals surface area contributed by atoms with Crippen LogP contribution < -0.4 is 0 Å². The van der Waals surface area contributed by atoms with Crippen molar-refractivity contribution in [3.05, 3.63) is 35.9 Å². The largest absolute Gasteiger partial charge is 0.481 e. The van der Waals surface area contributed by atoms with Gasteiger partial charge in [0.15, 0.2) is 5.60 Å². The maximum absolute atomic E-state index is 12.0. The Morgan fingerprint density at radius 1 is 1.44 bits per heavy atom. The summed E-state index contributed by atoms with van der Waals surface area (Å²) >= 11 is 0. The van der Waals surface area contributed by atoms with Gasteiger partial charge in [-0.1, -0.05) is 30.3 Å². The highest BCUT2D eigenvalue weighted by Crippen LogP contribution is 2.30. The molecule has 1 aromatic rings. The first-order valence-electron chi connectivity index (χ1n) is 5.71. The Bertz CT molecular complexity index is 469. The maximum atomic E-state index is 12.0. The van der Waals surface area contributed by atoms with Crippen LogP contribution in [0.4, 0.5) is 0 Å². The normalized spacial score (nSPS) is 27.6. The van der Waals surface area contributed by atoms with Gasteiger partial charge >= 0.3 is 5.97 Å². The quantitative estimate of drug-likeness (QED) is 0.816. The van der Waals surface area contributed by atoms with Gasteiger partial charge in [0.2, 0.25) is 0 Å². The lowest BCUT2D eigenvalue weighted by Crippen LogP contribution is -2.42. The zero-order valence-electron chi connectivity index (χ0n) is 10.0. The van der Waals surface area contributed by atoms with Crippen LogP contribution in [0.2, 0.25) is 0 Å². The molecule has 18 heavy (non-hydrogen) atoms. The van der Waals surface area contributed by atoms with Crippen molar-refractivity contribution in [1.29, 1.82) is 0 Å². The first kappa shape index (κ1) is 12.6. The number of likely N-dealkylation sites (tertiary alicyclic amines) is 1. The average molecular weight is 249 g/mol. The number of rotatable bonds is 3. The minimum atomic E-state index is -1.82. The van der Waals surface area contributed by atoms with E-state index in [9.17, 15) is 14.7 Å². The SMILES string of the molecule is CC1(O)C(=O)N(Cc2ccccc2)CC1C(=O)O. The Kier molecular flexibility index (Phi) is 3.09. The van der Waals surface area contributed by atoms with Crippen LogP contribution in [0.15, 0.2) is 30.3 Å². The minimum Gasteiger partial charge on any atom is -0.481 e. The van der Waals surface area contributed by atoms with Crippen LogP contribution in [0.25, 0.3) is 0 Å². The predicted octanol–water partition coefficient (Wildman–Crippen LogP) is 0.481. The van der Waals surface area contributed by atoms with Gasteiger partial charge in [-0.25, -0.2) is 0 Å². The lowest BCUT2D eigenvalue weighted by Gasteiger charge is -2.19. The molecule has 0 radical (unpaired) electrons. The van der Waals surface area contributed by atoms with Gasteiger partial charge in [0.1, 0.15) is 5.92 Å². The third kappa shape index (κ3) is 2.09. The number of carboxylic acids is 1. The van der Waals surface area contributed by atoms with Crippen LogP contribution in [0, 0.1) is 5.92 Å². The Morgan fingerprint density at radius 3 is 2.56 bits per heavy atom. The third-order valence-corrected chi connectivity index (χ3v) is 3.32. The Labute approximate surface area is 105 Å². The lowest BCUT2D eigenvalue weighted by molar-refractivity contribution is -0.154. The summed E-state index contributed by atoms with van der Waals surface area (Å²) in [6.45, 7) is 1.62. The van der Waals surface area contributed by atoms with E-state index in [1.54, 1.807) is 0 Å². The number of aliphatic carboxylic acids is 1. The van der Waals surface area contributed by atoms with Gasteiger partial charge in [-0.3, -0.25) is 9.59 Å². The summed E-state index contributed by atoms with van der Waals surface area (Å²) in [6.07, 6.45) is 0. The molecule has 96 valence electrons. The summed E-state index contributed by atoms with van der Waals surface area (Å²) in [6, 6.07) is 9.28. The molecule has 1 aromatic carbocycles. The van der Waals surface area contributed by atoms with E-state index in [0.717, 1.165) is 5.56 Å². The van der Waals surface area contributed by atoms with Crippen LogP contribution in [0.5, 0.6) is 0 Å². The number of carboxylic acid groups (broad SMARTS) is 1. The summed E-state index contributed by atoms with van der Waals surface area (Å²) in [5, 5.41) is 19.0. The molecule has 2 unspecified atom stereocenters. The fraction of sp³-hybridized carbons (Fsp3) is 0.385. The Balaban J connectivity index is 2.17. The summed E-state index contributed by atoms with van der Waals surface area (Å²) in [4.78, 5) is 24.4. The molecule has 1 aliphatic heterocycles. The smallest absolute Gasteiger partial charge is 0.311 e. The lowest BCUT2D eigenvalue weighted by atomic mass is 9.93. The molecule has 1 heterocycles. The Morgan fingerprint density at radius 2 is 2.06 bits per heavy atom. The van der Waals surface area contributed by atoms with Crippen molar-refractivity contribution in [2.45, 2.75) is 19.1 Å². The van der Waals surface area contributed by atoms with Crippen molar-refractivity contribution in [3.63, 3.8) is 0 Å². The fourth-order valence-electron chi connectivity index (χ4n) is 2.21. The molecule has 0 aliphatic carbocycles. The highest BCUT2D eigenvalue weighted by Gasteiger charge is 2.52. The third-order valence-electron chi connectivity index (χ3n) is 3.32. The molecule has 5 heteroatoms. The first-order valence-corrected chi connectivity index (χ1v) is 5.71. The highest BCUT2D eigenvalue weighted by atomic mass is 16.4. The summed E-state index contributed by atoms with van der Waals surface area (Å²) in [5.41, 5.74) is -0.909. The second kappa shape index (κ2) is 4.42. The van der Waals surface area contributed by atoms with Crippen LogP contribution in [0.1, 0.15) is 12.5 Å². The summed E-state index contributed by atoms with van der Waals surface area (Å²) in [7, 11) is 0. The van der Waals surface area contributed by atoms with E-state index in [4.69, 9.17) is 5.11 Å². The maximum Gasteiger partial charge on any atom is 0.311 e. The van der Waals surface area contributed by atoms with E-state index in [0.29, 0.717) is 6.54 Å². The van der Waals surface area contributed by atoms with E-state index in [1.165, 1.54) is 11.8 Å². The molecule has 2 rings (SSSR count). The average Bonchev–Trinajstić information content (AvgIpc) is 2.54. The van der Waals surface area contributed by atoms with Gasteiger partial charge in [-0.05, 0) is 12.5 Å². The molecular weight excluding hydrogens is 234 g/mol. The number of hydrogen-bond acceptors (Lipinski definition) is 3. The summed E-state index contributed by atoms with van der Waals surface area (Å²) in [5.74, 6) is -2.75. The van der Waals surface area contributed by atoms with Gasteiger partial charge in [0.25, 0.3) is 5.91 Å². The van der Waals surface area contributed by atoms with E-state index in [2.05, 4.69) is 0 Å². The standard InChI is InChI=1S/C13H15NO4/c1-13(18)10(11(15)16)8-14(12(13)17)7-9-5-3-2-4-6-9/h2-6,10,18H,7-8H2,1H3,(H,15,16). The molecule has 2 N–H and O–H groups in total. The van der Waals surface area contributed by atoms with Crippen molar-refractivity contribution in [3.8, 4) is 0 Å². The highest BCUT2D eigenvalue weighted by molar-refractivity contribution is 5.93. The zero-order valence-corrected chi connectivity index (χ0v) is 10.0. The van der Waals surface area contributed by atoms with Gasteiger partial charge in [0.05, 0.1) is 0 Å². The Hall–Kier alpha value is -1.88. The molecule has 1 saturated heterocycles. The van der Waals surface area contributed by atoms with Crippen molar-refractivity contribution < 1.29 is 19.8 Å². The van der Waals surface area contributed by atoms with Gasteiger partial charge < -0.3 is 15.1 Å². The number of aliphatic hydroxyl groups is 1. The van der Waals surface area contributed by atoms with E-state index >= 15 is 0 Å². The molecule has 0 aromatic heterocycles. The first-order chi connectivity index (χ1) is 8.43. The second-order valence-corrected chi connectivity index (χ2v) is 4.71. The van der Waals surface area contributed by atoms with Crippen LogP contribution in [-0.2, 0) is 16.1 Å². The monoisotopic (exact) mass is 249 g/mol. The number of nitrogens with zero attached hydrogens (tertiary/aromatic N) is 1. The van der Waals surface area contributed by atoms with Gasteiger partial charge in [-0.15, -0.1) is 0 Å². The molecular formula is C13H15NO4. The van der Waals surface area contributed by atoms with Crippen LogP contribution in [-0.4, -0.2) is 39.1 Å².